The predicted octanol–water partition coefficient (Wildman–Crippen LogP) is 2.34. The van der Waals surface area contributed by atoms with Crippen LogP contribution in [-0.2, 0) is 4.79 Å². The van der Waals surface area contributed by atoms with Crippen LogP contribution in [0, 0.1) is 0 Å². The second-order valence-electron chi connectivity index (χ2n) is 5.59. The van der Waals surface area contributed by atoms with Gasteiger partial charge >= 0.3 is 0 Å². The van der Waals surface area contributed by atoms with Gasteiger partial charge in [0.25, 0.3) is 0 Å². The van der Waals surface area contributed by atoms with Crippen molar-refractivity contribution in [1.82, 2.24) is 20.2 Å². The fraction of sp³-hybridized carbons (Fsp3) is 0.158. The zero-order chi connectivity index (χ0) is 19.9. The van der Waals surface area contributed by atoms with Gasteiger partial charge in [-0.3, -0.25) is 4.79 Å². The van der Waals surface area contributed by atoms with Crippen LogP contribution in [0.15, 0.2) is 48.8 Å². The van der Waals surface area contributed by atoms with Gasteiger partial charge in [-0.1, -0.05) is 6.07 Å². The summed E-state index contributed by atoms with van der Waals surface area (Å²) in [6.45, 7) is 0. The molecule has 0 aliphatic rings. The third-order valence-corrected chi connectivity index (χ3v) is 3.84. The van der Waals surface area contributed by atoms with Gasteiger partial charge in [-0.2, -0.15) is 0 Å². The zero-order valence-corrected chi connectivity index (χ0v) is 15.6. The van der Waals surface area contributed by atoms with E-state index in [1.165, 1.54) is 38.4 Å². The summed E-state index contributed by atoms with van der Waals surface area (Å²) < 4.78 is 17.4. The van der Waals surface area contributed by atoms with E-state index in [4.69, 9.17) is 14.2 Å². The summed E-state index contributed by atoms with van der Waals surface area (Å²) in [7, 11) is 4.61. The maximum Gasteiger partial charge on any atom is 0.248 e. The first kappa shape index (κ1) is 18.9. The van der Waals surface area contributed by atoms with E-state index in [1.54, 1.807) is 36.4 Å². The van der Waals surface area contributed by atoms with Gasteiger partial charge in [-0.25, -0.2) is 4.68 Å². The fourth-order valence-corrected chi connectivity index (χ4v) is 2.56. The minimum absolute atomic E-state index is 0.289. The quantitative estimate of drug-likeness (QED) is 0.627. The number of rotatable bonds is 7. The number of hydrogen-bond donors (Lipinski definition) is 1. The summed E-state index contributed by atoms with van der Waals surface area (Å²) in [6.07, 6.45) is 4.56. The van der Waals surface area contributed by atoms with E-state index in [9.17, 15) is 4.79 Å². The van der Waals surface area contributed by atoms with Crippen LogP contribution in [0.5, 0.6) is 17.2 Å². The Morgan fingerprint density at radius 3 is 2.43 bits per heavy atom. The normalized spacial score (nSPS) is 10.7. The average molecular weight is 381 g/mol. The second-order valence-corrected chi connectivity index (χ2v) is 5.59. The summed E-state index contributed by atoms with van der Waals surface area (Å²) in [5.74, 6) is 1.22. The number of anilines is 1. The SMILES string of the molecule is COc1cc(/C=C/C(=O)Nc2cccc(-n3cnnn3)c2)cc(OC)c1OC. The van der Waals surface area contributed by atoms with Gasteiger partial charge in [0.15, 0.2) is 11.5 Å². The molecule has 0 bridgehead atoms. The highest BCUT2D eigenvalue weighted by Crippen LogP contribution is 2.38. The third kappa shape index (κ3) is 4.26. The summed E-state index contributed by atoms with van der Waals surface area (Å²) in [5.41, 5.74) is 2.08. The number of methoxy groups -OCH3 is 3. The highest BCUT2D eigenvalue weighted by Gasteiger charge is 2.12. The van der Waals surface area contributed by atoms with E-state index < -0.39 is 0 Å². The molecule has 1 N–H and O–H groups in total. The van der Waals surface area contributed by atoms with Gasteiger partial charge in [0.05, 0.1) is 27.0 Å². The smallest absolute Gasteiger partial charge is 0.248 e. The number of benzene rings is 2. The number of tetrazole rings is 1. The molecule has 3 aromatic rings. The molecule has 0 aliphatic carbocycles. The molecule has 0 spiro atoms. The number of carbonyl (C=O) groups excluding carboxylic acids is 1. The molecule has 1 heterocycles. The lowest BCUT2D eigenvalue weighted by Gasteiger charge is -2.12. The molecule has 0 radical (unpaired) electrons. The maximum atomic E-state index is 12.3. The number of amides is 1. The molecule has 3 rings (SSSR count). The zero-order valence-electron chi connectivity index (χ0n) is 15.6. The van der Waals surface area contributed by atoms with Crippen molar-refractivity contribution in [3.05, 3.63) is 54.4 Å². The molecule has 0 saturated heterocycles. The van der Waals surface area contributed by atoms with Crippen LogP contribution < -0.4 is 19.5 Å². The predicted molar refractivity (Wildman–Crippen MR) is 103 cm³/mol. The van der Waals surface area contributed by atoms with Gasteiger partial charge in [0.1, 0.15) is 6.33 Å². The van der Waals surface area contributed by atoms with Crippen molar-refractivity contribution in [2.75, 3.05) is 26.6 Å². The molecular formula is C19H19N5O4. The molecular weight excluding hydrogens is 362 g/mol. The van der Waals surface area contributed by atoms with Crippen LogP contribution >= 0.6 is 0 Å². The van der Waals surface area contributed by atoms with Crippen LogP contribution in [0.2, 0.25) is 0 Å². The first-order valence-corrected chi connectivity index (χ1v) is 8.27. The molecule has 2 aromatic carbocycles. The Kier molecular flexibility index (Phi) is 5.85. The summed E-state index contributed by atoms with van der Waals surface area (Å²) >= 11 is 0. The molecule has 28 heavy (non-hydrogen) atoms. The van der Waals surface area contributed by atoms with E-state index in [-0.39, 0.29) is 5.91 Å². The number of ether oxygens (including phenoxy) is 3. The van der Waals surface area contributed by atoms with Crippen LogP contribution in [0.25, 0.3) is 11.8 Å². The van der Waals surface area contributed by atoms with Crippen LogP contribution in [0.3, 0.4) is 0 Å². The topological polar surface area (TPSA) is 100 Å². The Hall–Kier alpha value is -3.88. The molecule has 9 heteroatoms. The highest BCUT2D eigenvalue weighted by atomic mass is 16.5. The summed E-state index contributed by atoms with van der Waals surface area (Å²) in [6, 6.07) is 10.7. The lowest BCUT2D eigenvalue weighted by molar-refractivity contribution is -0.111. The maximum absolute atomic E-state index is 12.3. The Bertz CT molecular complexity index is 961. The van der Waals surface area contributed by atoms with Crippen molar-refractivity contribution >= 4 is 17.7 Å². The number of nitrogens with one attached hydrogen (secondary N) is 1. The molecule has 9 nitrogen and oxygen atoms in total. The largest absolute Gasteiger partial charge is 0.493 e. The van der Waals surface area contributed by atoms with E-state index in [1.807, 2.05) is 6.07 Å². The summed E-state index contributed by atoms with van der Waals surface area (Å²) in [4.78, 5) is 12.3. The molecule has 0 fully saturated rings. The highest BCUT2D eigenvalue weighted by molar-refractivity contribution is 6.02. The van der Waals surface area contributed by atoms with E-state index in [0.717, 1.165) is 11.3 Å². The number of nitrogens with zero attached hydrogens (tertiary/aromatic N) is 4. The number of carbonyl (C=O) groups is 1. The van der Waals surface area contributed by atoms with Crippen LogP contribution in [0.4, 0.5) is 5.69 Å². The Balaban J connectivity index is 1.75. The molecule has 0 aliphatic heterocycles. The van der Waals surface area contributed by atoms with Crippen LogP contribution in [-0.4, -0.2) is 47.4 Å². The Morgan fingerprint density at radius 1 is 1.07 bits per heavy atom. The Labute approximate surface area is 161 Å². The lowest BCUT2D eigenvalue weighted by atomic mass is 10.1. The van der Waals surface area contributed by atoms with Gasteiger partial charge in [-0.05, 0) is 52.4 Å². The minimum atomic E-state index is -0.289. The van der Waals surface area contributed by atoms with Gasteiger partial charge < -0.3 is 19.5 Å². The van der Waals surface area contributed by atoms with Crippen molar-refractivity contribution in [2.24, 2.45) is 0 Å². The average Bonchev–Trinajstić information content (AvgIpc) is 3.26. The first-order chi connectivity index (χ1) is 13.6. The minimum Gasteiger partial charge on any atom is -0.493 e. The van der Waals surface area contributed by atoms with E-state index in [2.05, 4.69) is 20.8 Å². The van der Waals surface area contributed by atoms with Crippen LogP contribution in [0.1, 0.15) is 5.56 Å². The molecule has 144 valence electrons. The molecule has 0 unspecified atom stereocenters. The molecule has 1 aromatic heterocycles. The fourth-order valence-electron chi connectivity index (χ4n) is 2.56. The van der Waals surface area contributed by atoms with Crippen molar-refractivity contribution in [3.63, 3.8) is 0 Å². The second kappa shape index (κ2) is 8.67. The lowest BCUT2D eigenvalue weighted by Crippen LogP contribution is -2.08. The van der Waals surface area contributed by atoms with Gasteiger partial charge in [0, 0.05) is 11.8 Å². The van der Waals surface area contributed by atoms with Crippen molar-refractivity contribution < 1.29 is 19.0 Å². The standard InChI is InChI=1S/C19H19N5O4/c1-26-16-9-13(10-17(27-2)19(16)28-3)7-8-18(25)21-14-5-4-6-15(11-14)24-12-20-22-23-24/h4-12H,1-3H3,(H,21,25)/b8-7+. The first-order valence-electron chi connectivity index (χ1n) is 8.27. The number of hydrogen-bond acceptors (Lipinski definition) is 7. The van der Waals surface area contributed by atoms with E-state index in [0.29, 0.717) is 22.9 Å². The van der Waals surface area contributed by atoms with Gasteiger partial charge in [-0.15, -0.1) is 5.10 Å². The monoisotopic (exact) mass is 381 g/mol. The third-order valence-electron chi connectivity index (χ3n) is 3.84. The van der Waals surface area contributed by atoms with Crippen molar-refractivity contribution in [1.29, 1.82) is 0 Å². The van der Waals surface area contributed by atoms with Crippen molar-refractivity contribution in [2.45, 2.75) is 0 Å². The van der Waals surface area contributed by atoms with Crippen molar-refractivity contribution in [3.8, 4) is 22.9 Å². The summed E-state index contributed by atoms with van der Waals surface area (Å²) in [5, 5.41) is 13.8. The number of aromatic nitrogens is 4. The molecule has 0 atom stereocenters. The molecule has 0 saturated carbocycles. The molecule has 1 amide bonds. The van der Waals surface area contributed by atoms with Gasteiger partial charge in [0.2, 0.25) is 11.7 Å². The Morgan fingerprint density at radius 2 is 1.82 bits per heavy atom. The van der Waals surface area contributed by atoms with E-state index >= 15 is 0 Å².